The second-order valence-electron chi connectivity index (χ2n) is 12.1. The second-order valence-corrected chi connectivity index (χ2v) is 12.1. The molecule has 10 atom stereocenters. The topological polar surface area (TPSA) is 119 Å². The van der Waals surface area contributed by atoms with E-state index in [-0.39, 0.29) is 24.5 Å². The molecule has 8 heteroatoms. The molecule has 1 aromatic heterocycles. The number of Topliss-reactive ketones (excluding diaryl/α,β-unsaturated/α-hetero) is 1. The van der Waals surface area contributed by atoms with E-state index < -0.39 is 63.4 Å². The summed E-state index contributed by atoms with van der Waals surface area (Å²) in [6, 6.07) is 1.73. The van der Waals surface area contributed by atoms with Crippen LogP contribution in [0.1, 0.15) is 66.1 Å². The number of ketones is 1. The van der Waals surface area contributed by atoms with Gasteiger partial charge in [-0.15, -0.1) is 0 Å². The molecule has 5 fully saturated rings. The van der Waals surface area contributed by atoms with Crippen LogP contribution in [0, 0.1) is 28.1 Å². The Morgan fingerprint density at radius 2 is 1.76 bits per heavy atom. The predicted molar refractivity (Wildman–Crippen MR) is 112 cm³/mol. The number of ether oxygens (including phenoxy) is 3. The van der Waals surface area contributed by atoms with E-state index in [9.17, 15) is 19.8 Å². The fourth-order valence-corrected chi connectivity index (χ4v) is 9.06. The third kappa shape index (κ3) is 2.06. The monoisotopic (exact) mass is 460 g/mol. The Morgan fingerprint density at radius 3 is 2.39 bits per heavy atom. The van der Waals surface area contributed by atoms with Gasteiger partial charge in [-0.25, -0.2) is 4.79 Å². The van der Waals surface area contributed by atoms with E-state index in [2.05, 4.69) is 0 Å². The largest absolute Gasteiger partial charge is 0.472 e. The zero-order valence-corrected chi connectivity index (χ0v) is 19.9. The van der Waals surface area contributed by atoms with Gasteiger partial charge in [-0.05, 0) is 40.2 Å². The molecule has 3 saturated heterocycles. The highest BCUT2D eigenvalue weighted by atomic mass is 16.7. The first-order valence-electron chi connectivity index (χ1n) is 11.7. The number of epoxide rings is 1. The molecule has 0 bridgehead atoms. The van der Waals surface area contributed by atoms with Gasteiger partial charge in [-0.1, -0.05) is 13.8 Å². The number of aliphatic hydroxyl groups excluding tert-OH is 1. The van der Waals surface area contributed by atoms with Crippen molar-refractivity contribution in [3.05, 3.63) is 24.2 Å². The minimum atomic E-state index is -1.58. The first-order chi connectivity index (χ1) is 15.2. The number of hydrogen-bond acceptors (Lipinski definition) is 8. The number of rotatable bonds is 1. The molecule has 0 aromatic carbocycles. The average Bonchev–Trinajstić information content (AvgIpc) is 3.23. The zero-order chi connectivity index (χ0) is 24.0. The van der Waals surface area contributed by atoms with Crippen LogP contribution >= 0.6 is 0 Å². The summed E-state index contributed by atoms with van der Waals surface area (Å²) in [7, 11) is 0. The van der Waals surface area contributed by atoms with Gasteiger partial charge in [0, 0.05) is 34.7 Å². The Hall–Kier alpha value is -1.74. The van der Waals surface area contributed by atoms with Crippen LogP contribution in [0.25, 0.3) is 0 Å². The van der Waals surface area contributed by atoms with Crippen molar-refractivity contribution in [2.24, 2.45) is 28.1 Å². The summed E-state index contributed by atoms with van der Waals surface area (Å²) in [4.78, 5) is 27.2. The van der Waals surface area contributed by atoms with Crippen LogP contribution in [-0.4, -0.2) is 51.2 Å². The fourth-order valence-electron chi connectivity index (χ4n) is 9.06. The van der Waals surface area contributed by atoms with Crippen molar-refractivity contribution in [1.29, 1.82) is 0 Å². The lowest BCUT2D eigenvalue weighted by Crippen LogP contribution is -2.75. The summed E-state index contributed by atoms with van der Waals surface area (Å²) in [6.07, 6.45) is 0.855. The molecular formula is C25H32O8. The van der Waals surface area contributed by atoms with Gasteiger partial charge in [0.2, 0.25) is 0 Å². The first-order valence-corrected chi connectivity index (χ1v) is 11.7. The number of aliphatic hydroxyl groups is 2. The Bertz CT molecular complexity index is 1060. The van der Waals surface area contributed by atoms with Crippen LogP contribution in [0.5, 0.6) is 0 Å². The van der Waals surface area contributed by atoms with Crippen LogP contribution in [-0.2, 0) is 23.8 Å². The van der Waals surface area contributed by atoms with Crippen LogP contribution in [0.2, 0.25) is 0 Å². The van der Waals surface area contributed by atoms with Crippen LogP contribution in [0.15, 0.2) is 23.0 Å². The molecule has 33 heavy (non-hydrogen) atoms. The molecule has 5 aliphatic rings. The molecule has 2 N–H and O–H groups in total. The number of furan rings is 1. The van der Waals surface area contributed by atoms with E-state index in [4.69, 9.17) is 18.6 Å². The highest BCUT2D eigenvalue weighted by Crippen LogP contribution is 2.80. The predicted octanol–water partition coefficient (Wildman–Crippen LogP) is 2.52. The van der Waals surface area contributed by atoms with E-state index in [1.165, 1.54) is 12.5 Å². The van der Waals surface area contributed by atoms with Crippen LogP contribution < -0.4 is 0 Å². The molecule has 0 radical (unpaired) electrons. The van der Waals surface area contributed by atoms with Gasteiger partial charge in [0.15, 0.2) is 11.9 Å². The molecule has 1 spiro atoms. The number of carbonyl (C=O) groups is 2. The zero-order valence-electron chi connectivity index (χ0n) is 19.9. The van der Waals surface area contributed by atoms with Crippen molar-refractivity contribution in [2.45, 2.75) is 89.7 Å². The van der Waals surface area contributed by atoms with Gasteiger partial charge in [0.25, 0.3) is 0 Å². The maximum Gasteiger partial charge on any atom is 0.339 e. The van der Waals surface area contributed by atoms with Crippen LogP contribution in [0.3, 0.4) is 0 Å². The number of esters is 1. The lowest BCUT2D eigenvalue weighted by Gasteiger charge is -2.66. The van der Waals surface area contributed by atoms with Gasteiger partial charge >= 0.3 is 5.97 Å². The lowest BCUT2D eigenvalue weighted by molar-refractivity contribution is -0.289. The third-order valence-electron chi connectivity index (χ3n) is 10.4. The van der Waals surface area contributed by atoms with Gasteiger partial charge in [0.1, 0.15) is 17.5 Å². The van der Waals surface area contributed by atoms with E-state index in [1.54, 1.807) is 13.0 Å². The van der Waals surface area contributed by atoms with Crippen molar-refractivity contribution >= 4 is 11.8 Å². The molecule has 2 aliphatic carbocycles. The van der Waals surface area contributed by atoms with Gasteiger partial charge in [-0.3, -0.25) is 4.79 Å². The van der Waals surface area contributed by atoms with Crippen molar-refractivity contribution in [3.63, 3.8) is 0 Å². The van der Waals surface area contributed by atoms with E-state index in [1.807, 2.05) is 34.6 Å². The Morgan fingerprint density at radius 1 is 1.06 bits per heavy atom. The molecule has 8 nitrogen and oxygen atoms in total. The molecule has 0 unspecified atom stereocenters. The second kappa shape index (κ2) is 5.73. The summed E-state index contributed by atoms with van der Waals surface area (Å²) in [5, 5.41) is 23.3. The normalized spacial score (nSPS) is 56.3. The van der Waals surface area contributed by atoms with Gasteiger partial charge in [0.05, 0.1) is 29.6 Å². The van der Waals surface area contributed by atoms with Crippen molar-refractivity contribution in [2.75, 3.05) is 0 Å². The quantitative estimate of drug-likeness (QED) is 0.485. The fraction of sp³-hybridized carbons (Fsp3) is 0.760. The molecule has 3 aliphatic heterocycles. The maximum absolute atomic E-state index is 14.1. The summed E-state index contributed by atoms with van der Waals surface area (Å²) in [5.74, 6) is -3.15. The average molecular weight is 461 g/mol. The highest BCUT2D eigenvalue weighted by Gasteiger charge is 2.91. The standard InChI is InChI=1S/C25H32O8/c1-20(2)14-9-15(27)23(5)16(22(14,4)24(6,29)33-20)13(26)10-21(3)17(12-7-8-30-11-12)31-19(28)18-25(21,23)32-18/h7-8,11,13-14,16-18,26,29H,9-10H2,1-6H3/t13-,14+,16+,17-,18+,21-,22+,23+,24-,25-/m0/s1. The third-order valence-corrected chi connectivity index (χ3v) is 10.4. The molecular weight excluding hydrogens is 428 g/mol. The number of cyclic esters (lactones) is 1. The van der Waals surface area contributed by atoms with Crippen molar-refractivity contribution in [3.8, 4) is 0 Å². The van der Waals surface area contributed by atoms with E-state index in [0.717, 1.165) is 0 Å². The molecule has 4 heterocycles. The summed E-state index contributed by atoms with van der Waals surface area (Å²) in [6.45, 7) is 11.0. The Kier molecular flexibility index (Phi) is 3.78. The Balaban J connectivity index is 1.58. The Labute approximate surface area is 192 Å². The van der Waals surface area contributed by atoms with E-state index in [0.29, 0.717) is 5.56 Å². The number of carbonyl (C=O) groups excluding carboxylic acids is 2. The van der Waals surface area contributed by atoms with Crippen molar-refractivity contribution in [1.82, 2.24) is 0 Å². The molecule has 180 valence electrons. The van der Waals surface area contributed by atoms with E-state index >= 15 is 0 Å². The molecule has 2 saturated carbocycles. The molecule has 1 aromatic rings. The lowest BCUT2D eigenvalue weighted by atomic mass is 9.36. The van der Waals surface area contributed by atoms with Gasteiger partial charge < -0.3 is 28.8 Å². The summed E-state index contributed by atoms with van der Waals surface area (Å²) < 4.78 is 23.5. The summed E-state index contributed by atoms with van der Waals surface area (Å²) in [5.41, 5.74) is -4.31. The number of hydrogen-bond donors (Lipinski definition) is 2. The molecule has 6 rings (SSSR count). The maximum atomic E-state index is 14.1. The number of fused-ring (bicyclic) bond motifs is 3. The minimum Gasteiger partial charge on any atom is -0.472 e. The molecule has 0 amide bonds. The van der Waals surface area contributed by atoms with Crippen molar-refractivity contribution < 1.29 is 38.4 Å². The van der Waals surface area contributed by atoms with Crippen LogP contribution in [0.4, 0.5) is 0 Å². The first kappa shape index (κ1) is 21.8. The SMILES string of the molecule is CC1(C)O[C@](C)(O)[C@]2(C)[C@@H]1CC(=O)[C@]1(C)[C@@H]2[C@@H](O)C[C@@]2(C)[C@H](c3ccoc3)OC(=O)[C@H]3O[C@@]321. The summed E-state index contributed by atoms with van der Waals surface area (Å²) >= 11 is 0. The minimum absolute atomic E-state index is 0.0718. The highest BCUT2D eigenvalue weighted by molar-refractivity contribution is 5.93. The smallest absolute Gasteiger partial charge is 0.339 e. The van der Waals surface area contributed by atoms with Gasteiger partial charge in [-0.2, -0.15) is 0 Å².